The highest BCUT2D eigenvalue weighted by Gasteiger charge is 2.14. The predicted octanol–water partition coefficient (Wildman–Crippen LogP) is 1.95. The van der Waals surface area contributed by atoms with Crippen LogP contribution in [-0.2, 0) is 4.74 Å². The van der Waals surface area contributed by atoms with Crippen LogP contribution in [0.25, 0.3) is 0 Å². The van der Waals surface area contributed by atoms with E-state index in [4.69, 9.17) is 19.3 Å². The van der Waals surface area contributed by atoms with Gasteiger partial charge in [-0.25, -0.2) is 4.79 Å². The third-order valence-electron chi connectivity index (χ3n) is 2.80. The highest BCUT2D eigenvalue weighted by molar-refractivity contribution is 5.91. The van der Waals surface area contributed by atoms with E-state index < -0.39 is 12.1 Å². The number of carboxylic acid groups (broad SMARTS) is 1. The molecule has 1 atom stereocenters. The number of rotatable bonds is 10. The Morgan fingerprint density at radius 3 is 2.71 bits per heavy atom. The fraction of sp³-hybridized carbons (Fsp3) is 0.533. The third kappa shape index (κ3) is 6.01. The van der Waals surface area contributed by atoms with Gasteiger partial charge in [0.25, 0.3) is 0 Å². The summed E-state index contributed by atoms with van der Waals surface area (Å²) in [5, 5.41) is 18.8. The third-order valence-corrected chi connectivity index (χ3v) is 2.80. The minimum absolute atomic E-state index is 0.0231. The van der Waals surface area contributed by atoms with E-state index in [0.717, 1.165) is 12.8 Å². The van der Waals surface area contributed by atoms with Crippen LogP contribution in [0, 0.1) is 0 Å². The van der Waals surface area contributed by atoms with Crippen molar-refractivity contribution in [2.75, 3.05) is 26.9 Å². The number of hydrogen-bond donors (Lipinski definition) is 2. The molecule has 1 unspecified atom stereocenters. The largest absolute Gasteiger partial charge is 0.497 e. The molecule has 0 radical (unpaired) electrons. The van der Waals surface area contributed by atoms with Gasteiger partial charge in [-0.05, 0) is 18.6 Å². The zero-order valence-electron chi connectivity index (χ0n) is 12.4. The summed E-state index contributed by atoms with van der Waals surface area (Å²) >= 11 is 0. The van der Waals surface area contributed by atoms with Crippen molar-refractivity contribution in [2.24, 2.45) is 0 Å². The van der Waals surface area contributed by atoms with Crippen molar-refractivity contribution in [1.82, 2.24) is 0 Å². The van der Waals surface area contributed by atoms with Gasteiger partial charge in [0.2, 0.25) is 0 Å². The molecule has 2 N–H and O–H groups in total. The summed E-state index contributed by atoms with van der Waals surface area (Å²) in [6.07, 6.45) is 1.15. The Labute approximate surface area is 124 Å². The smallest absolute Gasteiger partial charge is 0.339 e. The molecule has 1 aromatic rings. The summed E-state index contributed by atoms with van der Waals surface area (Å²) in [7, 11) is 1.48. The molecule has 0 amide bonds. The van der Waals surface area contributed by atoms with Crippen molar-refractivity contribution < 1.29 is 29.2 Å². The first-order valence-corrected chi connectivity index (χ1v) is 6.88. The highest BCUT2D eigenvalue weighted by atomic mass is 16.5. The molecule has 0 aromatic heterocycles. The topological polar surface area (TPSA) is 85.2 Å². The van der Waals surface area contributed by atoms with E-state index in [9.17, 15) is 9.90 Å². The summed E-state index contributed by atoms with van der Waals surface area (Å²) in [5.41, 5.74) is 0.0231. The molecule has 1 rings (SSSR count). The average molecular weight is 298 g/mol. The van der Waals surface area contributed by atoms with Crippen molar-refractivity contribution in [3.05, 3.63) is 23.8 Å². The summed E-state index contributed by atoms with van der Waals surface area (Å²) < 4.78 is 15.7. The van der Waals surface area contributed by atoms with Crippen LogP contribution in [-0.4, -0.2) is 49.2 Å². The fourth-order valence-corrected chi connectivity index (χ4v) is 1.63. The van der Waals surface area contributed by atoms with E-state index in [1.807, 2.05) is 0 Å². The van der Waals surface area contributed by atoms with Gasteiger partial charge in [-0.3, -0.25) is 0 Å². The number of methoxy groups -OCH3 is 1. The van der Waals surface area contributed by atoms with E-state index in [1.54, 1.807) is 6.07 Å². The highest BCUT2D eigenvalue weighted by Crippen LogP contribution is 2.25. The van der Waals surface area contributed by atoms with Gasteiger partial charge in [0.1, 0.15) is 29.8 Å². The number of carboxylic acids is 1. The quantitative estimate of drug-likeness (QED) is 0.642. The summed E-state index contributed by atoms with van der Waals surface area (Å²) in [6.45, 7) is 2.76. The molecule has 0 saturated carbocycles. The minimum Gasteiger partial charge on any atom is -0.497 e. The SMILES string of the molecule is CCCCOCC(O)COc1cc(OC)ccc1C(=O)O. The normalized spacial score (nSPS) is 12.0. The lowest BCUT2D eigenvalue weighted by Crippen LogP contribution is -2.24. The van der Waals surface area contributed by atoms with E-state index in [-0.39, 0.29) is 24.5 Å². The molecule has 118 valence electrons. The van der Waals surface area contributed by atoms with Gasteiger partial charge in [0.05, 0.1) is 13.7 Å². The van der Waals surface area contributed by atoms with Gasteiger partial charge in [-0.1, -0.05) is 13.3 Å². The van der Waals surface area contributed by atoms with Crippen molar-refractivity contribution >= 4 is 5.97 Å². The first kappa shape index (κ1) is 17.3. The Morgan fingerprint density at radius 1 is 1.33 bits per heavy atom. The Bertz CT molecular complexity index is 446. The maximum absolute atomic E-state index is 11.1. The van der Waals surface area contributed by atoms with Crippen molar-refractivity contribution in [2.45, 2.75) is 25.9 Å². The second kappa shape index (κ2) is 9.20. The van der Waals surface area contributed by atoms with Crippen molar-refractivity contribution in [1.29, 1.82) is 0 Å². The summed E-state index contributed by atoms with van der Waals surface area (Å²) in [5.74, 6) is -0.445. The Morgan fingerprint density at radius 2 is 2.10 bits per heavy atom. The maximum Gasteiger partial charge on any atom is 0.339 e. The van der Waals surface area contributed by atoms with Gasteiger partial charge in [-0.2, -0.15) is 0 Å². The Kier molecular flexibility index (Phi) is 7.56. The van der Waals surface area contributed by atoms with Crippen LogP contribution < -0.4 is 9.47 Å². The van der Waals surface area contributed by atoms with Crippen molar-refractivity contribution in [3.8, 4) is 11.5 Å². The summed E-state index contributed by atoms with van der Waals surface area (Å²) in [6, 6.07) is 4.43. The van der Waals surface area contributed by atoms with E-state index >= 15 is 0 Å². The van der Waals surface area contributed by atoms with Crippen molar-refractivity contribution in [3.63, 3.8) is 0 Å². The molecule has 0 bridgehead atoms. The number of aromatic carboxylic acids is 1. The van der Waals surface area contributed by atoms with E-state index in [0.29, 0.717) is 12.4 Å². The molecule has 21 heavy (non-hydrogen) atoms. The van der Waals surface area contributed by atoms with Gasteiger partial charge in [0, 0.05) is 12.7 Å². The molecule has 6 heteroatoms. The lowest BCUT2D eigenvalue weighted by atomic mass is 10.2. The summed E-state index contributed by atoms with van der Waals surface area (Å²) in [4.78, 5) is 11.1. The first-order chi connectivity index (χ1) is 10.1. The van der Waals surface area contributed by atoms with Crippen LogP contribution in [0.5, 0.6) is 11.5 Å². The second-order valence-electron chi connectivity index (χ2n) is 4.56. The predicted molar refractivity (Wildman–Crippen MR) is 77.2 cm³/mol. The molecule has 0 saturated heterocycles. The number of benzene rings is 1. The Balaban J connectivity index is 2.54. The fourth-order valence-electron chi connectivity index (χ4n) is 1.63. The second-order valence-corrected chi connectivity index (χ2v) is 4.56. The maximum atomic E-state index is 11.1. The molecule has 0 heterocycles. The van der Waals surface area contributed by atoms with Gasteiger partial charge >= 0.3 is 5.97 Å². The number of unbranched alkanes of at least 4 members (excludes halogenated alkanes) is 1. The minimum atomic E-state index is -1.10. The van der Waals surface area contributed by atoms with Crippen LogP contribution in [0.2, 0.25) is 0 Å². The zero-order valence-corrected chi connectivity index (χ0v) is 12.4. The van der Waals surface area contributed by atoms with E-state index in [2.05, 4.69) is 6.92 Å². The number of aliphatic hydroxyl groups is 1. The van der Waals surface area contributed by atoms with Crippen LogP contribution >= 0.6 is 0 Å². The Hall–Kier alpha value is -1.79. The number of carbonyl (C=O) groups is 1. The first-order valence-electron chi connectivity index (χ1n) is 6.88. The average Bonchev–Trinajstić information content (AvgIpc) is 2.49. The van der Waals surface area contributed by atoms with Crippen LogP contribution in [0.15, 0.2) is 18.2 Å². The molecule has 6 nitrogen and oxygen atoms in total. The molecule has 1 aromatic carbocycles. The molecule has 0 aliphatic heterocycles. The van der Waals surface area contributed by atoms with E-state index in [1.165, 1.54) is 19.2 Å². The molecular weight excluding hydrogens is 276 g/mol. The number of hydrogen-bond acceptors (Lipinski definition) is 5. The molecule has 0 fully saturated rings. The van der Waals surface area contributed by atoms with Crippen LogP contribution in [0.3, 0.4) is 0 Å². The molecule has 0 spiro atoms. The van der Waals surface area contributed by atoms with Gasteiger partial charge in [0.15, 0.2) is 0 Å². The lowest BCUT2D eigenvalue weighted by Gasteiger charge is -2.14. The number of aliphatic hydroxyl groups excluding tert-OH is 1. The molecule has 0 aliphatic rings. The standard InChI is InChI=1S/C15H22O6/c1-3-4-7-20-9-11(16)10-21-14-8-12(19-2)5-6-13(14)15(17)18/h5-6,8,11,16H,3-4,7,9-10H2,1-2H3,(H,17,18). The number of ether oxygens (including phenoxy) is 3. The van der Waals surface area contributed by atoms with Crippen LogP contribution in [0.4, 0.5) is 0 Å². The monoisotopic (exact) mass is 298 g/mol. The molecule has 0 aliphatic carbocycles. The van der Waals surface area contributed by atoms with Gasteiger partial charge < -0.3 is 24.4 Å². The van der Waals surface area contributed by atoms with Crippen LogP contribution in [0.1, 0.15) is 30.1 Å². The van der Waals surface area contributed by atoms with Gasteiger partial charge in [-0.15, -0.1) is 0 Å². The molecular formula is C15H22O6. The zero-order chi connectivity index (χ0) is 15.7. The lowest BCUT2D eigenvalue weighted by molar-refractivity contribution is 0.0109.